The number of nitrogens with one attached hydrogen (secondary N) is 1. The number of carbonyl (C=O) groups excluding carboxylic acids is 1. The van der Waals surface area contributed by atoms with Crippen LogP contribution in [0.2, 0.25) is 0 Å². The summed E-state index contributed by atoms with van der Waals surface area (Å²) in [7, 11) is 0. The number of carbonyl (C=O) groups is 1. The van der Waals surface area contributed by atoms with Gasteiger partial charge in [-0.15, -0.1) is 0 Å². The van der Waals surface area contributed by atoms with Gasteiger partial charge in [0.1, 0.15) is 11.6 Å². The Kier molecular flexibility index (Phi) is 18.3. The number of unbranched alkanes of at least 4 members (excludes halogenated alkanes) is 1. The SMILES string of the molecule is C\C=C/C(N/C(C)=C(C)/C(=C\C(=C\CC)c1ccc(C(CCC)(CCC)C(=O)C(C)C)c(C)c1)N=CCCC)=C(F)\C=C\CC. The molecule has 0 bridgehead atoms. The molecule has 0 fully saturated rings. The van der Waals surface area contributed by atoms with Crippen molar-refractivity contribution in [2.45, 2.75) is 133 Å². The first-order chi connectivity index (χ1) is 21.5. The topological polar surface area (TPSA) is 41.5 Å². The van der Waals surface area contributed by atoms with E-state index in [1.807, 2.05) is 59.9 Å². The molecule has 0 saturated heterocycles. The van der Waals surface area contributed by atoms with Gasteiger partial charge in [0, 0.05) is 17.8 Å². The van der Waals surface area contributed by atoms with Crippen LogP contribution in [0, 0.1) is 12.8 Å². The third-order valence-corrected chi connectivity index (χ3v) is 8.15. The van der Waals surface area contributed by atoms with Crippen LogP contribution in [0.3, 0.4) is 0 Å². The molecule has 3 nitrogen and oxygen atoms in total. The van der Waals surface area contributed by atoms with Gasteiger partial charge in [0.05, 0.1) is 16.8 Å². The summed E-state index contributed by atoms with van der Waals surface area (Å²) in [5.74, 6) is 0.0214. The van der Waals surface area contributed by atoms with Gasteiger partial charge in [-0.25, -0.2) is 4.39 Å². The maximum absolute atomic E-state index is 15.0. The van der Waals surface area contributed by atoms with E-state index in [1.54, 1.807) is 6.08 Å². The zero-order valence-electron chi connectivity index (χ0n) is 30.2. The van der Waals surface area contributed by atoms with Gasteiger partial charge in [0.25, 0.3) is 0 Å². The second kappa shape index (κ2) is 20.7. The molecule has 1 N–H and O–H groups in total. The Balaban J connectivity index is 3.84. The number of aryl methyl sites for hydroxylation is 1. The number of benzene rings is 1. The third-order valence-electron chi connectivity index (χ3n) is 8.15. The lowest BCUT2D eigenvalue weighted by molar-refractivity contribution is -0.128. The summed E-state index contributed by atoms with van der Waals surface area (Å²) in [6.07, 6.45) is 20.4. The number of rotatable bonds is 19. The number of nitrogens with zero attached hydrogens (tertiary/aromatic N) is 1. The molecule has 0 unspecified atom stereocenters. The summed E-state index contributed by atoms with van der Waals surface area (Å²) < 4.78 is 15.0. The number of allylic oxidation sites excluding steroid dienone is 10. The number of Topliss-reactive ketones (excluding diaryl/α,β-unsaturated/α-hetero) is 1. The van der Waals surface area contributed by atoms with Crippen LogP contribution in [-0.4, -0.2) is 12.0 Å². The van der Waals surface area contributed by atoms with Gasteiger partial charge < -0.3 is 5.32 Å². The van der Waals surface area contributed by atoms with Crippen LogP contribution >= 0.6 is 0 Å². The molecule has 0 atom stereocenters. The smallest absolute Gasteiger partial charge is 0.146 e. The van der Waals surface area contributed by atoms with Gasteiger partial charge in [-0.2, -0.15) is 0 Å². The molecule has 0 amide bonds. The van der Waals surface area contributed by atoms with Gasteiger partial charge >= 0.3 is 0 Å². The summed E-state index contributed by atoms with van der Waals surface area (Å²) in [6.45, 7) is 22.7. The number of aliphatic imine (C=N–C) groups is 1. The largest absolute Gasteiger partial charge is 0.356 e. The van der Waals surface area contributed by atoms with E-state index in [0.29, 0.717) is 11.5 Å². The first-order valence-electron chi connectivity index (χ1n) is 17.2. The van der Waals surface area contributed by atoms with E-state index in [1.165, 1.54) is 6.08 Å². The monoisotopic (exact) mass is 616 g/mol. The van der Waals surface area contributed by atoms with Gasteiger partial charge in [0.2, 0.25) is 0 Å². The second-order valence-electron chi connectivity index (χ2n) is 12.3. The summed E-state index contributed by atoms with van der Waals surface area (Å²) >= 11 is 0. The van der Waals surface area contributed by atoms with E-state index in [2.05, 4.69) is 70.3 Å². The standard InChI is InChI=1S/C41H61FN2O/c1-12-18-22-37(42)38(21-15-4)44-33(11)32(10)39(43-27-19-13-2)29-34(20-14-3)35-23-24-36(31(9)28-35)41(25-16-5,26-17-6)40(45)30(7)8/h15,18,20-24,27-30,44H,12-14,16-17,19,25-26H2,1-11H3/b21-15-,22-18+,33-32+,34-20-,38-37-,39-29+,43-27?. The van der Waals surface area contributed by atoms with Crippen molar-refractivity contribution in [2.24, 2.45) is 10.9 Å². The van der Waals surface area contributed by atoms with E-state index in [0.717, 1.165) is 90.6 Å². The fourth-order valence-electron chi connectivity index (χ4n) is 5.87. The molecular weight excluding hydrogens is 555 g/mol. The highest BCUT2D eigenvalue weighted by molar-refractivity contribution is 5.92. The van der Waals surface area contributed by atoms with Crippen molar-refractivity contribution in [3.05, 3.63) is 99.8 Å². The predicted octanol–water partition coefficient (Wildman–Crippen LogP) is 12.2. The molecule has 0 aromatic heterocycles. The third kappa shape index (κ3) is 11.6. The predicted molar refractivity (Wildman–Crippen MR) is 196 cm³/mol. The zero-order chi connectivity index (χ0) is 34.0. The summed E-state index contributed by atoms with van der Waals surface area (Å²) in [5.41, 5.74) is 7.07. The van der Waals surface area contributed by atoms with E-state index in [9.17, 15) is 9.18 Å². The molecule has 0 spiro atoms. The number of halogens is 1. The van der Waals surface area contributed by atoms with Crippen LogP contribution in [0.25, 0.3) is 5.57 Å². The average Bonchev–Trinajstić information content (AvgIpc) is 3.01. The molecular formula is C41H61FN2O. The number of ketones is 1. The van der Waals surface area contributed by atoms with Crippen molar-refractivity contribution in [1.82, 2.24) is 5.32 Å². The molecule has 0 saturated carbocycles. The number of hydrogen-bond acceptors (Lipinski definition) is 3. The van der Waals surface area contributed by atoms with Crippen molar-refractivity contribution >= 4 is 17.6 Å². The minimum atomic E-state index is -0.456. The van der Waals surface area contributed by atoms with Crippen molar-refractivity contribution in [1.29, 1.82) is 0 Å². The van der Waals surface area contributed by atoms with Crippen LogP contribution in [0.4, 0.5) is 4.39 Å². The molecule has 0 aliphatic rings. The first-order valence-corrected chi connectivity index (χ1v) is 17.2. The Bertz CT molecular complexity index is 1310. The first kappa shape index (κ1) is 39.8. The molecule has 1 aromatic rings. The molecule has 248 valence electrons. The van der Waals surface area contributed by atoms with Crippen molar-refractivity contribution < 1.29 is 9.18 Å². The van der Waals surface area contributed by atoms with Gasteiger partial charge in [-0.1, -0.05) is 104 Å². The highest BCUT2D eigenvalue weighted by Crippen LogP contribution is 2.40. The Morgan fingerprint density at radius 1 is 1.00 bits per heavy atom. The minimum Gasteiger partial charge on any atom is -0.356 e. The van der Waals surface area contributed by atoms with E-state index >= 15 is 0 Å². The van der Waals surface area contributed by atoms with E-state index < -0.39 is 5.41 Å². The van der Waals surface area contributed by atoms with Crippen molar-refractivity contribution in [2.75, 3.05) is 0 Å². The van der Waals surface area contributed by atoms with Crippen LogP contribution in [0.5, 0.6) is 0 Å². The molecule has 0 heterocycles. The fourth-order valence-corrected chi connectivity index (χ4v) is 5.87. The van der Waals surface area contributed by atoms with Crippen LogP contribution in [-0.2, 0) is 10.2 Å². The van der Waals surface area contributed by atoms with Crippen LogP contribution in [0.15, 0.2) is 88.1 Å². The molecule has 45 heavy (non-hydrogen) atoms. The zero-order valence-corrected chi connectivity index (χ0v) is 30.2. The normalized spacial score (nSPS) is 14.6. The Hall–Kier alpha value is -3.27. The Morgan fingerprint density at radius 2 is 1.67 bits per heavy atom. The summed E-state index contributed by atoms with van der Waals surface area (Å²) in [4.78, 5) is 18.7. The number of hydrogen-bond donors (Lipinski definition) is 1. The molecule has 4 heteroatoms. The molecule has 0 radical (unpaired) electrons. The lowest BCUT2D eigenvalue weighted by Crippen LogP contribution is -2.39. The van der Waals surface area contributed by atoms with Crippen LogP contribution < -0.4 is 5.32 Å². The summed E-state index contributed by atoms with van der Waals surface area (Å²) in [6, 6.07) is 6.61. The van der Waals surface area contributed by atoms with Crippen LogP contribution in [0.1, 0.15) is 137 Å². The van der Waals surface area contributed by atoms with E-state index in [4.69, 9.17) is 4.99 Å². The Labute approximate surface area is 275 Å². The minimum absolute atomic E-state index is 0.0184. The second-order valence-corrected chi connectivity index (χ2v) is 12.3. The van der Waals surface area contributed by atoms with Gasteiger partial charge in [0.15, 0.2) is 0 Å². The van der Waals surface area contributed by atoms with E-state index in [-0.39, 0.29) is 11.7 Å². The maximum Gasteiger partial charge on any atom is 0.146 e. The maximum atomic E-state index is 15.0. The van der Waals surface area contributed by atoms with Crippen molar-refractivity contribution in [3.8, 4) is 0 Å². The highest BCUT2D eigenvalue weighted by Gasteiger charge is 2.40. The fraction of sp³-hybridized carbons (Fsp3) is 0.512. The molecule has 0 aliphatic carbocycles. The molecule has 1 aromatic carbocycles. The highest BCUT2D eigenvalue weighted by atomic mass is 19.1. The summed E-state index contributed by atoms with van der Waals surface area (Å²) in [5, 5.41) is 3.30. The lowest BCUT2D eigenvalue weighted by Gasteiger charge is -2.36. The quantitative estimate of drug-likeness (QED) is 0.124. The Morgan fingerprint density at radius 3 is 2.18 bits per heavy atom. The lowest BCUT2D eigenvalue weighted by atomic mass is 9.66. The van der Waals surface area contributed by atoms with Crippen molar-refractivity contribution in [3.63, 3.8) is 0 Å². The van der Waals surface area contributed by atoms with Gasteiger partial charge in [-0.05, 0) is 106 Å². The average molecular weight is 617 g/mol. The van der Waals surface area contributed by atoms with Gasteiger partial charge in [-0.3, -0.25) is 9.79 Å². The molecule has 1 rings (SSSR count). The molecule has 0 aliphatic heterocycles.